The summed E-state index contributed by atoms with van der Waals surface area (Å²) in [5.74, 6) is -1.36. The molecule has 0 fully saturated rings. The molecule has 0 amide bonds. The number of phenolic OH excluding ortho intramolecular Hbond substituents is 3. The molecule has 190 valence electrons. The minimum atomic E-state index is -0.799. The van der Waals surface area contributed by atoms with Gasteiger partial charge in [0, 0.05) is 17.2 Å². The number of aromatic hydroxyl groups is 4. The topological polar surface area (TPSA) is 111 Å². The summed E-state index contributed by atoms with van der Waals surface area (Å²) in [7, 11) is 0. The first kappa shape index (κ1) is 26.7. The lowest BCUT2D eigenvalue weighted by molar-refractivity contribution is 0.433. The van der Waals surface area contributed by atoms with Crippen LogP contribution in [0.3, 0.4) is 0 Å². The lowest BCUT2D eigenvalue weighted by Gasteiger charge is -2.11. The van der Waals surface area contributed by atoms with E-state index < -0.39 is 16.9 Å². The van der Waals surface area contributed by atoms with Crippen molar-refractivity contribution in [2.45, 2.75) is 59.8 Å². The maximum atomic E-state index is 12.9. The molecule has 6 nitrogen and oxygen atoms in total. The average Bonchev–Trinajstić information content (AvgIpc) is 2.81. The van der Waals surface area contributed by atoms with Gasteiger partial charge in [0.05, 0.1) is 0 Å². The standard InChI is InChI=1S/C30H34O6/c1-18(2)7-5-8-19(3)9-6-10-20(4)11-16-23-24(32)17-25-26(27(23)33)28(34)29(35)30(36-25)21-12-14-22(31)15-13-21/h7,9,11-15,17,31-33,35H,5-6,8,10,16H2,1-4H3. The van der Waals surface area contributed by atoms with Crippen molar-refractivity contribution in [2.75, 3.05) is 0 Å². The average molecular weight is 491 g/mol. The number of hydrogen-bond donors (Lipinski definition) is 4. The first-order chi connectivity index (χ1) is 17.1. The molecule has 0 aliphatic carbocycles. The molecule has 0 aliphatic heterocycles. The van der Waals surface area contributed by atoms with Crippen LogP contribution in [0, 0.1) is 0 Å². The van der Waals surface area contributed by atoms with E-state index in [4.69, 9.17) is 4.42 Å². The van der Waals surface area contributed by atoms with E-state index in [1.165, 1.54) is 41.5 Å². The predicted octanol–water partition coefficient (Wildman–Crippen LogP) is 7.24. The highest BCUT2D eigenvalue weighted by Crippen LogP contribution is 2.39. The van der Waals surface area contributed by atoms with Gasteiger partial charge in [0.2, 0.25) is 11.2 Å². The minimum absolute atomic E-state index is 0.0234. The molecule has 0 spiro atoms. The molecular weight excluding hydrogens is 456 g/mol. The molecule has 0 bridgehead atoms. The Hall–Kier alpha value is -3.93. The second-order valence-corrected chi connectivity index (χ2v) is 9.42. The van der Waals surface area contributed by atoms with Gasteiger partial charge < -0.3 is 24.8 Å². The summed E-state index contributed by atoms with van der Waals surface area (Å²) in [6.07, 6.45) is 10.4. The molecule has 0 radical (unpaired) electrons. The van der Waals surface area contributed by atoms with Crippen LogP contribution in [0.25, 0.3) is 22.3 Å². The van der Waals surface area contributed by atoms with Crippen molar-refractivity contribution in [3.05, 3.63) is 81.1 Å². The highest BCUT2D eigenvalue weighted by atomic mass is 16.4. The Kier molecular flexibility index (Phi) is 8.64. The smallest absolute Gasteiger partial charge is 0.238 e. The van der Waals surface area contributed by atoms with Gasteiger partial charge in [-0.05, 0) is 84.1 Å². The lowest BCUT2D eigenvalue weighted by atomic mass is 10.0. The van der Waals surface area contributed by atoms with E-state index in [-0.39, 0.29) is 40.2 Å². The zero-order valence-electron chi connectivity index (χ0n) is 21.3. The van der Waals surface area contributed by atoms with Crippen LogP contribution in [0.2, 0.25) is 0 Å². The number of rotatable bonds is 9. The number of fused-ring (bicyclic) bond motifs is 1. The summed E-state index contributed by atoms with van der Waals surface area (Å²) in [6.45, 7) is 8.33. The second-order valence-electron chi connectivity index (χ2n) is 9.42. The highest BCUT2D eigenvalue weighted by molar-refractivity contribution is 5.89. The van der Waals surface area contributed by atoms with Gasteiger partial charge in [-0.25, -0.2) is 0 Å². The molecule has 0 aliphatic rings. The SMILES string of the molecule is CC(C)=CCCC(C)=CCCC(C)=CCc1c(O)cc2oc(-c3ccc(O)cc3)c(O)c(=O)c2c1O. The zero-order valence-corrected chi connectivity index (χ0v) is 21.3. The Morgan fingerprint density at radius 1 is 0.833 bits per heavy atom. The van der Waals surface area contributed by atoms with Gasteiger partial charge in [-0.1, -0.05) is 34.9 Å². The Labute approximate surface area is 211 Å². The van der Waals surface area contributed by atoms with Crippen molar-refractivity contribution in [2.24, 2.45) is 0 Å². The van der Waals surface area contributed by atoms with Crippen LogP contribution in [-0.2, 0) is 6.42 Å². The molecule has 0 saturated heterocycles. The Morgan fingerprint density at radius 3 is 2.08 bits per heavy atom. The van der Waals surface area contributed by atoms with Gasteiger partial charge in [0.15, 0.2) is 5.76 Å². The van der Waals surface area contributed by atoms with Crippen molar-refractivity contribution < 1.29 is 24.8 Å². The summed E-state index contributed by atoms with van der Waals surface area (Å²) in [6, 6.07) is 7.04. The first-order valence-corrected chi connectivity index (χ1v) is 12.1. The van der Waals surface area contributed by atoms with Gasteiger partial charge in [0.25, 0.3) is 0 Å². The van der Waals surface area contributed by atoms with E-state index in [1.54, 1.807) is 0 Å². The summed E-state index contributed by atoms with van der Waals surface area (Å²) < 4.78 is 5.68. The third-order valence-electron chi connectivity index (χ3n) is 6.12. The quantitative estimate of drug-likeness (QED) is 0.235. The van der Waals surface area contributed by atoms with Crippen molar-refractivity contribution in [3.63, 3.8) is 0 Å². The lowest BCUT2D eigenvalue weighted by Crippen LogP contribution is -2.04. The van der Waals surface area contributed by atoms with Gasteiger partial charge >= 0.3 is 0 Å². The molecule has 3 rings (SSSR count). The van der Waals surface area contributed by atoms with Crippen LogP contribution in [0.15, 0.2) is 74.5 Å². The molecule has 0 atom stereocenters. The van der Waals surface area contributed by atoms with E-state index in [9.17, 15) is 25.2 Å². The fourth-order valence-electron chi connectivity index (χ4n) is 3.98. The Balaban J connectivity index is 1.81. The van der Waals surface area contributed by atoms with Gasteiger partial charge in [0.1, 0.15) is 28.2 Å². The molecule has 36 heavy (non-hydrogen) atoms. The first-order valence-electron chi connectivity index (χ1n) is 12.1. The van der Waals surface area contributed by atoms with E-state index in [2.05, 4.69) is 32.9 Å². The monoisotopic (exact) mass is 490 g/mol. The molecule has 1 aromatic heterocycles. The van der Waals surface area contributed by atoms with E-state index >= 15 is 0 Å². The van der Waals surface area contributed by atoms with E-state index in [0.29, 0.717) is 5.56 Å². The van der Waals surface area contributed by atoms with Crippen LogP contribution in [0.5, 0.6) is 23.0 Å². The number of allylic oxidation sites excluding steroid dienone is 6. The van der Waals surface area contributed by atoms with Crippen LogP contribution >= 0.6 is 0 Å². The highest BCUT2D eigenvalue weighted by Gasteiger charge is 2.21. The Morgan fingerprint density at radius 2 is 1.44 bits per heavy atom. The van der Waals surface area contributed by atoms with Crippen LogP contribution in [-0.4, -0.2) is 20.4 Å². The van der Waals surface area contributed by atoms with Crippen LogP contribution in [0.4, 0.5) is 0 Å². The fraction of sp³-hybridized carbons (Fsp3) is 0.300. The molecule has 0 unspecified atom stereocenters. The predicted molar refractivity (Wildman–Crippen MR) is 144 cm³/mol. The summed E-state index contributed by atoms with van der Waals surface area (Å²) in [5, 5.41) is 41.2. The maximum Gasteiger partial charge on any atom is 0.238 e. The Bertz CT molecular complexity index is 1380. The van der Waals surface area contributed by atoms with E-state index in [1.807, 2.05) is 13.0 Å². The normalized spacial score (nSPS) is 12.2. The number of phenols is 3. The van der Waals surface area contributed by atoms with Gasteiger partial charge in [-0.2, -0.15) is 0 Å². The van der Waals surface area contributed by atoms with Crippen molar-refractivity contribution in [1.82, 2.24) is 0 Å². The molecule has 0 saturated carbocycles. The van der Waals surface area contributed by atoms with Crippen molar-refractivity contribution >= 4 is 11.0 Å². The molecule has 2 aromatic carbocycles. The van der Waals surface area contributed by atoms with Crippen LogP contribution < -0.4 is 5.43 Å². The molecule has 6 heteroatoms. The summed E-state index contributed by atoms with van der Waals surface area (Å²) >= 11 is 0. The molecule has 4 N–H and O–H groups in total. The van der Waals surface area contributed by atoms with Crippen LogP contribution in [0.1, 0.15) is 58.9 Å². The minimum Gasteiger partial charge on any atom is -0.508 e. The number of hydrogen-bond acceptors (Lipinski definition) is 6. The molecular formula is C30H34O6. The second kappa shape index (κ2) is 11.7. The van der Waals surface area contributed by atoms with Crippen molar-refractivity contribution in [3.8, 4) is 34.3 Å². The molecule has 1 heterocycles. The van der Waals surface area contributed by atoms with Crippen molar-refractivity contribution in [1.29, 1.82) is 0 Å². The molecule has 3 aromatic rings. The van der Waals surface area contributed by atoms with E-state index in [0.717, 1.165) is 31.3 Å². The van der Waals surface area contributed by atoms with Gasteiger partial charge in [-0.15, -0.1) is 0 Å². The third-order valence-corrected chi connectivity index (χ3v) is 6.12. The summed E-state index contributed by atoms with van der Waals surface area (Å²) in [5.41, 5.74) is 3.49. The number of benzene rings is 2. The largest absolute Gasteiger partial charge is 0.508 e. The fourth-order valence-corrected chi connectivity index (χ4v) is 3.98. The third kappa shape index (κ3) is 6.39. The summed E-state index contributed by atoms with van der Waals surface area (Å²) in [4.78, 5) is 12.9. The zero-order chi connectivity index (χ0) is 26.4. The maximum absolute atomic E-state index is 12.9. The van der Waals surface area contributed by atoms with Gasteiger partial charge in [-0.3, -0.25) is 4.79 Å².